The predicted octanol–water partition coefficient (Wildman–Crippen LogP) is 1.94. The zero-order chi connectivity index (χ0) is 13.5. The molecule has 2 rings (SSSR count). The van der Waals surface area contributed by atoms with Crippen LogP contribution in [0.2, 0.25) is 0 Å². The number of hydrogen-bond acceptors (Lipinski definition) is 3. The number of nitrogens with one attached hydrogen (secondary N) is 1. The Morgan fingerprint density at radius 1 is 1.32 bits per heavy atom. The number of carbonyl (C=O) groups excluding carboxylic acids is 1. The lowest BCUT2D eigenvalue weighted by atomic mass is 10.1. The normalized spacial score (nSPS) is 25.5. The van der Waals surface area contributed by atoms with Crippen LogP contribution in [0, 0.1) is 0 Å². The first-order chi connectivity index (χ1) is 9.27. The number of hydrogen-bond donors (Lipinski definition) is 1. The Bertz CT molecular complexity index is 271. The molecule has 2 heterocycles. The van der Waals surface area contributed by atoms with Crippen LogP contribution < -0.4 is 5.32 Å². The third-order valence-corrected chi connectivity index (χ3v) is 4.22. The molecule has 0 bridgehead atoms. The molecule has 110 valence electrons. The van der Waals surface area contributed by atoms with E-state index in [0.29, 0.717) is 6.10 Å². The first-order valence-corrected chi connectivity index (χ1v) is 7.91. The molecular weight excluding hydrogens is 240 g/mol. The monoisotopic (exact) mass is 268 g/mol. The number of carbonyl (C=O) groups is 1. The second kappa shape index (κ2) is 7.85. The van der Waals surface area contributed by atoms with Crippen LogP contribution in [-0.4, -0.2) is 49.2 Å². The van der Waals surface area contributed by atoms with E-state index >= 15 is 0 Å². The molecule has 0 aromatic heterocycles. The van der Waals surface area contributed by atoms with E-state index in [4.69, 9.17) is 4.74 Å². The molecule has 0 aromatic rings. The third kappa shape index (κ3) is 4.77. The van der Waals surface area contributed by atoms with E-state index in [2.05, 4.69) is 5.32 Å². The fourth-order valence-corrected chi connectivity index (χ4v) is 3.00. The lowest BCUT2D eigenvalue weighted by molar-refractivity contribution is -0.133. The zero-order valence-corrected chi connectivity index (χ0v) is 12.2. The quantitative estimate of drug-likeness (QED) is 0.749. The molecule has 2 fully saturated rings. The maximum atomic E-state index is 12.2. The molecule has 4 heteroatoms. The van der Waals surface area contributed by atoms with Crippen LogP contribution in [0.1, 0.15) is 51.9 Å². The van der Waals surface area contributed by atoms with Gasteiger partial charge in [-0.2, -0.15) is 0 Å². The molecule has 2 unspecified atom stereocenters. The Morgan fingerprint density at radius 2 is 2.11 bits per heavy atom. The summed E-state index contributed by atoms with van der Waals surface area (Å²) in [4.78, 5) is 14.2. The topological polar surface area (TPSA) is 41.6 Å². The van der Waals surface area contributed by atoms with Gasteiger partial charge in [0.2, 0.25) is 5.91 Å². The molecule has 2 saturated heterocycles. The van der Waals surface area contributed by atoms with Gasteiger partial charge in [0.05, 0.1) is 12.1 Å². The van der Waals surface area contributed by atoms with Gasteiger partial charge in [0.1, 0.15) is 0 Å². The van der Waals surface area contributed by atoms with Crippen molar-refractivity contribution in [2.75, 3.05) is 26.2 Å². The minimum absolute atomic E-state index is 0.0393. The summed E-state index contributed by atoms with van der Waals surface area (Å²) in [5, 5.41) is 3.36. The molecule has 2 aliphatic heterocycles. The van der Waals surface area contributed by atoms with Crippen LogP contribution in [0.25, 0.3) is 0 Å². The predicted molar refractivity (Wildman–Crippen MR) is 76.1 cm³/mol. The van der Waals surface area contributed by atoms with Gasteiger partial charge in [-0.25, -0.2) is 0 Å². The average molecular weight is 268 g/mol. The molecule has 1 N–H and O–H groups in total. The van der Waals surface area contributed by atoms with Crippen molar-refractivity contribution < 1.29 is 9.53 Å². The fraction of sp³-hybridized carbons (Fsp3) is 0.933. The highest BCUT2D eigenvalue weighted by Crippen LogP contribution is 2.16. The molecule has 1 amide bonds. The SMILES string of the molecule is CC(NCCCC1CCCO1)C(=O)N1CCCCC1. The van der Waals surface area contributed by atoms with Crippen LogP contribution in [-0.2, 0) is 9.53 Å². The van der Waals surface area contributed by atoms with Crippen LogP contribution in [0.5, 0.6) is 0 Å². The maximum Gasteiger partial charge on any atom is 0.239 e. The van der Waals surface area contributed by atoms with Crippen LogP contribution in [0.3, 0.4) is 0 Å². The summed E-state index contributed by atoms with van der Waals surface area (Å²) in [6, 6.07) is -0.0393. The van der Waals surface area contributed by atoms with Gasteiger partial charge in [-0.05, 0) is 58.4 Å². The van der Waals surface area contributed by atoms with Crippen molar-refractivity contribution in [1.29, 1.82) is 0 Å². The van der Waals surface area contributed by atoms with Crippen LogP contribution in [0.15, 0.2) is 0 Å². The summed E-state index contributed by atoms with van der Waals surface area (Å²) in [7, 11) is 0. The summed E-state index contributed by atoms with van der Waals surface area (Å²) in [6.07, 6.45) is 8.71. The number of piperidine rings is 1. The summed E-state index contributed by atoms with van der Waals surface area (Å²) < 4.78 is 5.60. The van der Waals surface area contributed by atoms with Crippen LogP contribution >= 0.6 is 0 Å². The molecular formula is C15H28N2O2. The van der Waals surface area contributed by atoms with E-state index < -0.39 is 0 Å². The summed E-state index contributed by atoms with van der Waals surface area (Å²) in [5.74, 6) is 0.275. The second-order valence-corrected chi connectivity index (χ2v) is 5.84. The van der Waals surface area contributed by atoms with Gasteiger partial charge in [-0.15, -0.1) is 0 Å². The summed E-state index contributed by atoms with van der Waals surface area (Å²) in [6.45, 7) is 5.73. The van der Waals surface area contributed by atoms with E-state index in [1.807, 2.05) is 11.8 Å². The van der Waals surface area contributed by atoms with Crippen molar-refractivity contribution in [2.24, 2.45) is 0 Å². The Balaban J connectivity index is 1.57. The molecule has 0 spiro atoms. The van der Waals surface area contributed by atoms with E-state index in [9.17, 15) is 4.79 Å². The lowest BCUT2D eigenvalue weighted by Crippen LogP contribution is -2.47. The van der Waals surface area contributed by atoms with Crippen molar-refractivity contribution in [2.45, 2.75) is 64.0 Å². The van der Waals surface area contributed by atoms with Crippen molar-refractivity contribution in [3.05, 3.63) is 0 Å². The molecule has 0 aliphatic carbocycles. The third-order valence-electron chi connectivity index (χ3n) is 4.22. The molecule has 0 aromatic carbocycles. The minimum atomic E-state index is -0.0393. The first-order valence-electron chi connectivity index (χ1n) is 7.91. The van der Waals surface area contributed by atoms with Gasteiger partial charge in [-0.3, -0.25) is 4.79 Å². The lowest BCUT2D eigenvalue weighted by Gasteiger charge is -2.29. The van der Waals surface area contributed by atoms with Crippen molar-refractivity contribution >= 4 is 5.91 Å². The molecule has 4 nitrogen and oxygen atoms in total. The Morgan fingerprint density at radius 3 is 2.79 bits per heavy atom. The van der Waals surface area contributed by atoms with Gasteiger partial charge >= 0.3 is 0 Å². The number of amides is 1. The Kier molecular flexibility index (Phi) is 6.11. The highest BCUT2D eigenvalue weighted by Gasteiger charge is 2.21. The molecule has 19 heavy (non-hydrogen) atoms. The van der Waals surface area contributed by atoms with Gasteiger partial charge < -0.3 is 15.0 Å². The summed E-state index contributed by atoms with van der Waals surface area (Å²) in [5.41, 5.74) is 0. The van der Waals surface area contributed by atoms with Gasteiger partial charge in [0.15, 0.2) is 0 Å². The molecule has 2 atom stereocenters. The second-order valence-electron chi connectivity index (χ2n) is 5.84. The van der Waals surface area contributed by atoms with E-state index in [1.54, 1.807) is 0 Å². The highest BCUT2D eigenvalue weighted by molar-refractivity contribution is 5.81. The van der Waals surface area contributed by atoms with Crippen molar-refractivity contribution in [3.8, 4) is 0 Å². The minimum Gasteiger partial charge on any atom is -0.378 e. The standard InChI is InChI=1S/C15H28N2O2/c1-13(15(18)17-10-3-2-4-11-17)16-9-5-7-14-8-6-12-19-14/h13-14,16H,2-12H2,1H3. The molecule has 0 saturated carbocycles. The number of nitrogens with zero attached hydrogens (tertiary/aromatic N) is 1. The largest absolute Gasteiger partial charge is 0.378 e. The van der Waals surface area contributed by atoms with Gasteiger partial charge in [-0.1, -0.05) is 0 Å². The number of rotatable bonds is 6. The Hall–Kier alpha value is -0.610. The van der Waals surface area contributed by atoms with E-state index in [0.717, 1.165) is 51.9 Å². The van der Waals surface area contributed by atoms with E-state index in [1.165, 1.54) is 19.3 Å². The van der Waals surface area contributed by atoms with Gasteiger partial charge in [0, 0.05) is 19.7 Å². The highest BCUT2D eigenvalue weighted by atomic mass is 16.5. The van der Waals surface area contributed by atoms with Crippen LogP contribution in [0.4, 0.5) is 0 Å². The smallest absolute Gasteiger partial charge is 0.239 e. The first kappa shape index (κ1) is 14.8. The Labute approximate surface area is 116 Å². The average Bonchev–Trinajstić information content (AvgIpc) is 2.96. The van der Waals surface area contributed by atoms with Crippen molar-refractivity contribution in [3.63, 3.8) is 0 Å². The fourth-order valence-electron chi connectivity index (χ4n) is 3.00. The van der Waals surface area contributed by atoms with Crippen molar-refractivity contribution in [1.82, 2.24) is 10.2 Å². The summed E-state index contributed by atoms with van der Waals surface area (Å²) >= 11 is 0. The zero-order valence-electron chi connectivity index (χ0n) is 12.2. The maximum absolute atomic E-state index is 12.2. The number of likely N-dealkylation sites (tertiary alicyclic amines) is 1. The molecule has 2 aliphatic rings. The van der Waals surface area contributed by atoms with E-state index in [-0.39, 0.29) is 11.9 Å². The molecule has 0 radical (unpaired) electrons. The number of ether oxygens (including phenoxy) is 1. The van der Waals surface area contributed by atoms with Gasteiger partial charge in [0.25, 0.3) is 0 Å².